The molecule has 0 saturated carbocycles. The molecular weight excluding hydrogens is 238 g/mol. The molecular formula is C15H15N3O. The minimum absolute atomic E-state index is 0.765. The Hall–Kier alpha value is -2.36. The van der Waals surface area contributed by atoms with E-state index in [-0.39, 0.29) is 0 Å². The van der Waals surface area contributed by atoms with E-state index in [1.54, 1.807) is 13.3 Å². The van der Waals surface area contributed by atoms with Gasteiger partial charge in [-0.3, -0.25) is 9.67 Å². The van der Waals surface area contributed by atoms with Crippen LogP contribution in [-0.2, 0) is 7.05 Å². The highest BCUT2D eigenvalue weighted by molar-refractivity contribution is 5.87. The van der Waals surface area contributed by atoms with E-state index in [1.807, 2.05) is 30.2 Å². The number of aryl methyl sites for hydroxylation is 2. The number of ether oxygens (including phenoxy) is 1. The molecule has 3 aromatic rings. The van der Waals surface area contributed by atoms with E-state index in [2.05, 4.69) is 29.1 Å². The number of fused-ring (bicyclic) bond motifs is 1. The Morgan fingerprint density at radius 1 is 1.11 bits per heavy atom. The Kier molecular flexibility index (Phi) is 2.71. The van der Waals surface area contributed by atoms with Crippen LogP contribution in [0.1, 0.15) is 5.56 Å². The molecule has 2 heterocycles. The lowest BCUT2D eigenvalue weighted by molar-refractivity contribution is 0.413. The van der Waals surface area contributed by atoms with Crippen LogP contribution < -0.4 is 4.74 Å². The highest BCUT2D eigenvalue weighted by Gasteiger charge is 2.07. The van der Waals surface area contributed by atoms with Crippen LogP contribution in [0.5, 0.6) is 5.75 Å². The summed E-state index contributed by atoms with van der Waals surface area (Å²) in [6.07, 6.45) is 5.58. The molecule has 0 aliphatic carbocycles. The van der Waals surface area contributed by atoms with Crippen molar-refractivity contribution < 1.29 is 4.74 Å². The van der Waals surface area contributed by atoms with Crippen LogP contribution in [0.4, 0.5) is 0 Å². The molecule has 0 radical (unpaired) electrons. The van der Waals surface area contributed by atoms with Crippen molar-refractivity contribution in [3.05, 3.63) is 42.4 Å². The summed E-state index contributed by atoms with van der Waals surface area (Å²) in [6, 6.07) is 6.25. The highest BCUT2D eigenvalue weighted by Crippen LogP contribution is 2.28. The summed E-state index contributed by atoms with van der Waals surface area (Å²) in [7, 11) is 3.59. The Labute approximate surface area is 111 Å². The minimum Gasteiger partial charge on any atom is -0.495 e. The van der Waals surface area contributed by atoms with Crippen LogP contribution in [0.3, 0.4) is 0 Å². The van der Waals surface area contributed by atoms with Crippen LogP contribution in [0.25, 0.3) is 22.0 Å². The van der Waals surface area contributed by atoms with Crippen molar-refractivity contribution in [2.75, 3.05) is 7.11 Å². The van der Waals surface area contributed by atoms with Crippen molar-refractivity contribution in [1.29, 1.82) is 0 Å². The van der Waals surface area contributed by atoms with Crippen LogP contribution in [0.15, 0.2) is 36.8 Å². The SMILES string of the molecule is COc1cncc(-c2cc(C)c3nn(C)cc3c2)c1. The summed E-state index contributed by atoms with van der Waals surface area (Å²) < 4.78 is 7.06. The average molecular weight is 253 g/mol. The number of aromatic nitrogens is 3. The molecule has 0 atom stereocenters. The van der Waals surface area contributed by atoms with Gasteiger partial charge in [0.15, 0.2) is 0 Å². The summed E-state index contributed by atoms with van der Waals surface area (Å²) in [5, 5.41) is 5.60. The number of benzene rings is 1. The van der Waals surface area contributed by atoms with E-state index in [4.69, 9.17) is 4.74 Å². The fourth-order valence-electron chi connectivity index (χ4n) is 2.28. The smallest absolute Gasteiger partial charge is 0.137 e. The number of methoxy groups -OCH3 is 1. The summed E-state index contributed by atoms with van der Waals surface area (Å²) in [4.78, 5) is 4.20. The Morgan fingerprint density at radius 2 is 1.95 bits per heavy atom. The van der Waals surface area contributed by atoms with Gasteiger partial charge in [0.05, 0.1) is 18.8 Å². The molecule has 0 fully saturated rings. The monoisotopic (exact) mass is 253 g/mol. The zero-order valence-corrected chi connectivity index (χ0v) is 11.2. The molecule has 2 aromatic heterocycles. The molecule has 4 nitrogen and oxygen atoms in total. The Balaban J connectivity index is 2.18. The van der Waals surface area contributed by atoms with E-state index < -0.39 is 0 Å². The summed E-state index contributed by atoms with van der Waals surface area (Å²) in [6.45, 7) is 2.08. The molecule has 0 aliphatic heterocycles. The van der Waals surface area contributed by atoms with Crippen molar-refractivity contribution in [3.8, 4) is 16.9 Å². The average Bonchev–Trinajstić information content (AvgIpc) is 2.80. The molecule has 1 aromatic carbocycles. The van der Waals surface area contributed by atoms with Gasteiger partial charge in [0.1, 0.15) is 5.75 Å². The highest BCUT2D eigenvalue weighted by atomic mass is 16.5. The topological polar surface area (TPSA) is 39.9 Å². The normalized spacial score (nSPS) is 10.9. The fourth-order valence-corrected chi connectivity index (χ4v) is 2.28. The quantitative estimate of drug-likeness (QED) is 0.705. The van der Waals surface area contributed by atoms with Gasteiger partial charge in [0.25, 0.3) is 0 Å². The van der Waals surface area contributed by atoms with Gasteiger partial charge in [0.2, 0.25) is 0 Å². The summed E-state index contributed by atoms with van der Waals surface area (Å²) in [5.41, 5.74) is 4.38. The predicted octanol–water partition coefficient (Wildman–Crippen LogP) is 2.95. The van der Waals surface area contributed by atoms with Crippen LogP contribution >= 0.6 is 0 Å². The number of hydrogen-bond acceptors (Lipinski definition) is 3. The summed E-state index contributed by atoms with van der Waals surface area (Å²) >= 11 is 0. The lowest BCUT2D eigenvalue weighted by atomic mass is 10.0. The van der Waals surface area contributed by atoms with E-state index in [0.29, 0.717) is 0 Å². The van der Waals surface area contributed by atoms with Crippen LogP contribution in [0, 0.1) is 6.92 Å². The third-order valence-corrected chi connectivity index (χ3v) is 3.20. The first-order chi connectivity index (χ1) is 9.17. The first-order valence-corrected chi connectivity index (χ1v) is 6.11. The maximum atomic E-state index is 5.22. The third-order valence-electron chi connectivity index (χ3n) is 3.20. The van der Waals surface area contributed by atoms with E-state index in [0.717, 1.165) is 33.3 Å². The largest absolute Gasteiger partial charge is 0.495 e. The minimum atomic E-state index is 0.765. The van der Waals surface area contributed by atoms with Crippen molar-refractivity contribution >= 4 is 10.9 Å². The van der Waals surface area contributed by atoms with Crippen LogP contribution in [-0.4, -0.2) is 21.9 Å². The lowest BCUT2D eigenvalue weighted by Gasteiger charge is -2.05. The molecule has 3 rings (SSSR count). The molecule has 0 spiro atoms. The van der Waals surface area contributed by atoms with Crippen molar-refractivity contribution in [1.82, 2.24) is 14.8 Å². The van der Waals surface area contributed by atoms with Gasteiger partial charge in [-0.05, 0) is 36.2 Å². The first-order valence-electron chi connectivity index (χ1n) is 6.11. The maximum absolute atomic E-state index is 5.22. The third kappa shape index (κ3) is 2.05. The second-order valence-electron chi connectivity index (χ2n) is 4.65. The van der Waals surface area contributed by atoms with E-state index in [9.17, 15) is 0 Å². The zero-order chi connectivity index (χ0) is 13.4. The molecule has 96 valence electrons. The van der Waals surface area contributed by atoms with Gasteiger partial charge in [0, 0.05) is 30.4 Å². The second-order valence-corrected chi connectivity index (χ2v) is 4.65. The zero-order valence-electron chi connectivity index (χ0n) is 11.2. The second kappa shape index (κ2) is 4.39. The van der Waals surface area contributed by atoms with Crippen molar-refractivity contribution in [2.45, 2.75) is 6.92 Å². The number of hydrogen-bond donors (Lipinski definition) is 0. The molecule has 19 heavy (non-hydrogen) atoms. The van der Waals surface area contributed by atoms with E-state index >= 15 is 0 Å². The van der Waals surface area contributed by atoms with Gasteiger partial charge in [-0.1, -0.05) is 0 Å². The van der Waals surface area contributed by atoms with Gasteiger partial charge in [-0.25, -0.2) is 0 Å². The molecule has 0 saturated heterocycles. The maximum Gasteiger partial charge on any atom is 0.137 e. The molecule has 0 amide bonds. The molecule has 0 unspecified atom stereocenters. The number of rotatable bonds is 2. The van der Waals surface area contributed by atoms with Gasteiger partial charge < -0.3 is 4.74 Å². The molecule has 4 heteroatoms. The lowest BCUT2D eigenvalue weighted by Crippen LogP contribution is -1.88. The van der Waals surface area contributed by atoms with Crippen molar-refractivity contribution in [3.63, 3.8) is 0 Å². The molecule has 0 bridgehead atoms. The Morgan fingerprint density at radius 3 is 2.74 bits per heavy atom. The molecule has 0 aliphatic rings. The summed E-state index contributed by atoms with van der Waals surface area (Å²) in [5.74, 6) is 0.765. The van der Waals surface area contributed by atoms with Gasteiger partial charge >= 0.3 is 0 Å². The number of pyridine rings is 1. The van der Waals surface area contributed by atoms with Crippen LogP contribution in [0.2, 0.25) is 0 Å². The molecule has 0 N–H and O–H groups in total. The van der Waals surface area contributed by atoms with Gasteiger partial charge in [-0.2, -0.15) is 5.10 Å². The first kappa shape index (κ1) is 11.7. The number of nitrogens with zero attached hydrogens (tertiary/aromatic N) is 3. The predicted molar refractivity (Wildman–Crippen MR) is 75.2 cm³/mol. The fraction of sp³-hybridized carbons (Fsp3) is 0.200. The Bertz CT molecular complexity index is 746. The standard InChI is InChI=1S/C15H15N3O/c1-10-4-11(5-13-9-18(2)17-15(10)13)12-6-14(19-3)8-16-7-12/h4-9H,1-3H3. The van der Waals surface area contributed by atoms with Gasteiger partial charge in [-0.15, -0.1) is 0 Å². The van der Waals surface area contributed by atoms with E-state index in [1.165, 1.54) is 0 Å². The van der Waals surface area contributed by atoms with Crippen molar-refractivity contribution in [2.24, 2.45) is 7.05 Å².